The molecule has 32 heavy (non-hydrogen) atoms. The normalized spacial score (nSPS) is 16.1. The highest BCUT2D eigenvalue weighted by molar-refractivity contribution is 6.00. The number of benzene rings is 2. The first-order valence-corrected chi connectivity index (χ1v) is 10.3. The zero-order chi connectivity index (χ0) is 21.9. The van der Waals surface area contributed by atoms with Gasteiger partial charge in [-0.25, -0.2) is 0 Å². The number of aromatic amines is 1. The number of carbonyl (C=O) groups excluding carboxylic acids is 2. The zero-order valence-electron chi connectivity index (χ0n) is 17.2. The number of nitrogens with one attached hydrogen (secondary N) is 2. The molecule has 160 valence electrons. The van der Waals surface area contributed by atoms with Crippen LogP contribution in [0.15, 0.2) is 73.1 Å². The average Bonchev–Trinajstić information content (AvgIpc) is 3.28. The van der Waals surface area contributed by atoms with Gasteiger partial charge in [-0.15, -0.1) is 0 Å². The number of carbonyl (C=O) groups is 2. The number of H-pyrrole nitrogens is 1. The number of ether oxygens (including phenoxy) is 1. The second-order valence-electron chi connectivity index (χ2n) is 7.53. The Bertz CT molecular complexity index is 1260. The molecule has 0 radical (unpaired) electrons. The molecule has 2 aromatic heterocycles. The van der Waals surface area contributed by atoms with E-state index in [4.69, 9.17) is 4.74 Å². The Balaban J connectivity index is 1.32. The van der Waals surface area contributed by atoms with Crippen LogP contribution in [0.3, 0.4) is 0 Å². The maximum atomic E-state index is 12.9. The third kappa shape index (κ3) is 3.95. The minimum atomic E-state index is -0.740. The van der Waals surface area contributed by atoms with Gasteiger partial charge < -0.3 is 15.0 Å². The van der Waals surface area contributed by atoms with Crippen molar-refractivity contribution in [3.63, 3.8) is 0 Å². The first-order chi connectivity index (χ1) is 15.7. The summed E-state index contributed by atoms with van der Waals surface area (Å²) in [5.74, 6) is -0.391. The van der Waals surface area contributed by atoms with Crippen molar-refractivity contribution in [3.8, 4) is 11.3 Å². The summed E-state index contributed by atoms with van der Waals surface area (Å²) in [5.41, 5.74) is 3.81. The summed E-state index contributed by atoms with van der Waals surface area (Å²) in [6.07, 6.45) is 2.69. The molecule has 1 fully saturated rings. The van der Waals surface area contributed by atoms with E-state index in [9.17, 15) is 9.59 Å². The quantitative estimate of drug-likeness (QED) is 0.521. The lowest BCUT2D eigenvalue weighted by atomic mass is 10.1. The van der Waals surface area contributed by atoms with Gasteiger partial charge in [0.1, 0.15) is 5.69 Å². The Morgan fingerprint density at radius 1 is 1.06 bits per heavy atom. The average molecular weight is 427 g/mol. The molecule has 5 rings (SSSR count). The van der Waals surface area contributed by atoms with Crippen LogP contribution in [0.25, 0.3) is 22.2 Å². The number of anilines is 1. The third-order valence-electron chi connectivity index (χ3n) is 5.45. The number of hydrogen-bond acceptors (Lipinski definition) is 5. The van der Waals surface area contributed by atoms with Gasteiger partial charge in [-0.1, -0.05) is 18.2 Å². The van der Waals surface area contributed by atoms with Gasteiger partial charge >= 0.3 is 0 Å². The Hall–Kier alpha value is -4.04. The van der Waals surface area contributed by atoms with E-state index < -0.39 is 6.10 Å². The molecule has 1 aliphatic rings. The van der Waals surface area contributed by atoms with Gasteiger partial charge in [0.15, 0.2) is 6.10 Å². The van der Waals surface area contributed by atoms with Gasteiger partial charge in [-0.05, 0) is 42.5 Å². The monoisotopic (exact) mass is 427 g/mol. The molecule has 2 aromatic carbocycles. The van der Waals surface area contributed by atoms with E-state index in [1.807, 2.05) is 48.5 Å². The summed E-state index contributed by atoms with van der Waals surface area (Å²) in [5, 5.41) is 11.2. The van der Waals surface area contributed by atoms with E-state index in [1.165, 1.54) is 0 Å². The second-order valence-corrected chi connectivity index (χ2v) is 7.53. The highest BCUT2D eigenvalue weighted by Gasteiger charge is 2.30. The van der Waals surface area contributed by atoms with Crippen LogP contribution in [0.4, 0.5) is 5.69 Å². The topological polar surface area (TPSA) is 100 Å². The lowest BCUT2D eigenvalue weighted by molar-refractivity contribution is -0.131. The Labute approximate surface area is 184 Å². The number of nitrogens with zero attached hydrogens (tertiary/aromatic N) is 3. The summed E-state index contributed by atoms with van der Waals surface area (Å²) >= 11 is 0. The molecule has 2 N–H and O–H groups in total. The Morgan fingerprint density at radius 2 is 1.88 bits per heavy atom. The molecule has 4 aromatic rings. The van der Waals surface area contributed by atoms with Gasteiger partial charge in [0.05, 0.1) is 18.7 Å². The molecule has 8 heteroatoms. The van der Waals surface area contributed by atoms with Crippen molar-refractivity contribution in [1.29, 1.82) is 0 Å². The van der Waals surface area contributed by atoms with Crippen molar-refractivity contribution in [1.82, 2.24) is 20.1 Å². The van der Waals surface area contributed by atoms with E-state index in [0.717, 1.165) is 22.2 Å². The molecule has 1 saturated heterocycles. The maximum absolute atomic E-state index is 12.9. The fourth-order valence-corrected chi connectivity index (χ4v) is 3.80. The molecule has 2 amide bonds. The Kier molecular flexibility index (Phi) is 5.35. The fraction of sp³-hybridized carbons (Fsp3) is 0.167. The number of pyridine rings is 1. The third-order valence-corrected chi connectivity index (χ3v) is 5.45. The standard InChI is InChI=1S/C24H21N5O3/c30-23(21-15-29(12-13-32-21)24(31)17-4-2-1-3-5-17)26-18-6-7-20-19(14-18)22(28-27-20)16-8-10-25-11-9-16/h1-11,14,21H,12-13,15H2,(H,26,30)(H,27,28). The predicted molar refractivity (Wildman–Crippen MR) is 120 cm³/mol. The first kappa shape index (κ1) is 19.9. The van der Waals surface area contributed by atoms with Crippen LogP contribution in [-0.2, 0) is 9.53 Å². The zero-order valence-corrected chi connectivity index (χ0v) is 17.2. The largest absolute Gasteiger partial charge is 0.365 e. The molecule has 0 saturated carbocycles. The molecular weight excluding hydrogens is 406 g/mol. The summed E-state index contributed by atoms with van der Waals surface area (Å²) < 4.78 is 5.66. The molecule has 0 aliphatic carbocycles. The van der Waals surface area contributed by atoms with E-state index in [1.54, 1.807) is 29.4 Å². The molecule has 1 atom stereocenters. The molecule has 0 bridgehead atoms. The predicted octanol–water partition coefficient (Wildman–Crippen LogP) is 3.10. The minimum absolute atomic E-state index is 0.103. The lowest BCUT2D eigenvalue weighted by Crippen LogP contribution is -2.50. The smallest absolute Gasteiger partial charge is 0.255 e. The maximum Gasteiger partial charge on any atom is 0.255 e. The van der Waals surface area contributed by atoms with Gasteiger partial charge in [-0.3, -0.25) is 19.7 Å². The van der Waals surface area contributed by atoms with Gasteiger partial charge in [0.25, 0.3) is 11.8 Å². The second kappa shape index (κ2) is 8.60. The van der Waals surface area contributed by atoms with Crippen molar-refractivity contribution < 1.29 is 14.3 Å². The van der Waals surface area contributed by atoms with Crippen LogP contribution in [0.5, 0.6) is 0 Å². The number of fused-ring (bicyclic) bond motifs is 1. The van der Waals surface area contributed by atoms with Crippen LogP contribution in [-0.4, -0.2) is 57.7 Å². The Morgan fingerprint density at radius 3 is 2.69 bits per heavy atom. The molecule has 0 spiro atoms. The van der Waals surface area contributed by atoms with Gasteiger partial charge in [0.2, 0.25) is 0 Å². The van der Waals surface area contributed by atoms with Gasteiger partial charge in [0, 0.05) is 41.1 Å². The van der Waals surface area contributed by atoms with Crippen molar-refractivity contribution in [2.45, 2.75) is 6.10 Å². The molecular formula is C24H21N5O3. The summed E-state index contributed by atoms with van der Waals surface area (Å²) in [6, 6.07) is 18.4. The van der Waals surface area contributed by atoms with Crippen molar-refractivity contribution in [3.05, 3.63) is 78.6 Å². The van der Waals surface area contributed by atoms with E-state index in [0.29, 0.717) is 24.4 Å². The molecule has 1 aliphatic heterocycles. The summed E-state index contributed by atoms with van der Waals surface area (Å²) in [6.45, 7) is 0.965. The number of morpholine rings is 1. The molecule has 1 unspecified atom stereocenters. The highest BCUT2D eigenvalue weighted by Crippen LogP contribution is 2.28. The van der Waals surface area contributed by atoms with E-state index >= 15 is 0 Å². The first-order valence-electron chi connectivity index (χ1n) is 10.3. The fourth-order valence-electron chi connectivity index (χ4n) is 3.80. The van der Waals surface area contributed by atoms with E-state index in [2.05, 4.69) is 20.5 Å². The summed E-state index contributed by atoms with van der Waals surface area (Å²) in [4.78, 5) is 31.3. The molecule has 3 heterocycles. The highest BCUT2D eigenvalue weighted by atomic mass is 16.5. The summed E-state index contributed by atoms with van der Waals surface area (Å²) in [7, 11) is 0. The van der Waals surface area contributed by atoms with Crippen LogP contribution in [0, 0.1) is 0 Å². The SMILES string of the molecule is O=C(Nc1ccc2[nH]nc(-c3ccncc3)c2c1)C1CN(C(=O)c2ccccc2)CCO1. The number of hydrogen-bond donors (Lipinski definition) is 2. The van der Waals surface area contributed by atoms with Crippen molar-refractivity contribution in [2.75, 3.05) is 25.0 Å². The van der Waals surface area contributed by atoms with Crippen molar-refractivity contribution >= 4 is 28.4 Å². The van der Waals surface area contributed by atoms with Gasteiger partial charge in [-0.2, -0.15) is 5.10 Å². The van der Waals surface area contributed by atoms with Crippen molar-refractivity contribution in [2.24, 2.45) is 0 Å². The van der Waals surface area contributed by atoms with Crippen LogP contribution in [0.1, 0.15) is 10.4 Å². The number of rotatable bonds is 4. The lowest BCUT2D eigenvalue weighted by Gasteiger charge is -2.32. The van der Waals surface area contributed by atoms with Crippen LogP contribution >= 0.6 is 0 Å². The van der Waals surface area contributed by atoms with E-state index in [-0.39, 0.29) is 18.4 Å². The minimum Gasteiger partial charge on any atom is -0.365 e. The number of aromatic nitrogens is 3. The molecule has 8 nitrogen and oxygen atoms in total. The number of amides is 2. The van der Waals surface area contributed by atoms with Crippen LogP contribution in [0.2, 0.25) is 0 Å². The van der Waals surface area contributed by atoms with Crippen LogP contribution < -0.4 is 5.32 Å².